The average molecular weight is 819 g/mol. The first-order valence-corrected chi connectivity index (χ1v) is 22.2. The van der Waals surface area contributed by atoms with Crippen LogP contribution in [0.25, 0.3) is 93.6 Å². The summed E-state index contributed by atoms with van der Waals surface area (Å²) in [5.41, 5.74) is 18.2. The summed E-state index contributed by atoms with van der Waals surface area (Å²) in [4.78, 5) is 2.45. The number of rotatable bonds is 6. The van der Waals surface area contributed by atoms with Crippen LogP contribution in [0.15, 0.2) is 223 Å². The summed E-state index contributed by atoms with van der Waals surface area (Å²) in [5, 5.41) is 7.05. The van der Waals surface area contributed by atoms with Crippen molar-refractivity contribution in [3.05, 3.63) is 230 Å². The molecule has 0 fully saturated rings. The maximum Gasteiger partial charge on any atom is 0.145 e. The molecule has 0 aliphatic heterocycles. The molecule has 0 saturated carbocycles. The standard InChI is InChI=1S/C61H42N2O/c1-61(2)52-24-9-5-20-46(52)47-34-31-42(38-53(47)61)41-17-13-18-44(37-41)63(54-27-14-16-39-15-3-4-19-45(39)54)57-36-35-51-50-23-8-12-28-58(50)64-60(51)59(57)40-29-32-43(33-30-40)62-55-25-10-6-21-48(55)49-22-7-11-26-56(49)62/h3-38H,1-2H3. The largest absolute Gasteiger partial charge is 0.455 e. The Balaban J connectivity index is 1.03. The van der Waals surface area contributed by atoms with E-state index in [-0.39, 0.29) is 5.41 Å². The molecule has 1 aliphatic carbocycles. The highest BCUT2D eigenvalue weighted by Gasteiger charge is 2.35. The fraction of sp³-hybridized carbons (Fsp3) is 0.0492. The van der Waals surface area contributed by atoms with Crippen LogP contribution in [0.3, 0.4) is 0 Å². The molecule has 12 aromatic rings. The smallest absolute Gasteiger partial charge is 0.145 e. The normalized spacial score (nSPS) is 13.0. The van der Waals surface area contributed by atoms with Gasteiger partial charge in [-0.3, -0.25) is 0 Å². The maximum atomic E-state index is 6.96. The second-order valence-corrected chi connectivity index (χ2v) is 17.7. The van der Waals surface area contributed by atoms with Crippen LogP contribution in [0.5, 0.6) is 0 Å². The second-order valence-electron chi connectivity index (χ2n) is 17.7. The zero-order chi connectivity index (χ0) is 42.5. The van der Waals surface area contributed by atoms with Gasteiger partial charge in [0.05, 0.1) is 22.4 Å². The molecule has 0 unspecified atom stereocenters. The Morgan fingerprint density at radius 3 is 1.86 bits per heavy atom. The predicted octanol–water partition coefficient (Wildman–Crippen LogP) is 16.9. The van der Waals surface area contributed by atoms with E-state index < -0.39 is 0 Å². The van der Waals surface area contributed by atoms with Crippen LogP contribution in [-0.2, 0) is 5.41 Å². The number of anilines is 3. The van der Waals surface area contributed by atoms with Gasteiger partial charge in [-0.1, -0.05) is 166 Å². The molecule has 0 radical (unpaired) electrons. The highest BCUT2D eigenvalue weighted by molar-refractivity contribution is 6.14. The van der Waals surface area contributed by atoms with Crippen molar-refractivity contribution in [1.82, 2.24) is 4.57 Å². The number of hydrogen-bond donors (Lipinski definition) is 0. The zero-order valence-electron chi connectivity index (χ0n) is 35.6. The molecule has 13 rings (SSSR count). The minimum atomic E-state index is -0.0947. The van der Waals surface area contributed by atoms with Crippen LogP contribution in [0.4, 0.5) is 17.1 Å². The monoisotopic (exact) mass is 818 g/mol. The van der Waals surface area contributed by atoms with Gasteiger partial charge in [0.1, 0.15) is 11.2 Å². The van der Waals surface area contributed by atoms with Gasteiger partial charge in [0.25, 0.3) is 0 Å². The van der Waals surface area contributed by atoms with Gasteiger partial charge in [-0.15, -0.1) is 0 Å². The number of para-hydroxylation sites is 3. The van der Waals surface area contributed by atoms with E-state index in [1.54, 1.807) is 0 Å². The fourth-order valence-electron chi connectivity index (χ4n) is 10.7. The van der Waals surface area contributed by atoms with E-state index in [1.807, 2.05) is 0 Å². The van der Waals surface area contributed by atoms with Crippen molar-refractivity contribution >= 4 is 71.6 Å². The number of aromatic nitrogens is 1. The molecule has 302 valence electrons. The predicted molar refractivity (Wildman–Crippen MR) is 269 cm³/mol. The third-order valence-electron chi connectivity index (χ3n) is 13.8. The van der Waals surface area contributed by atoms with E-state index >= 15 is 0 Å². The number of benzene rings is 10. The quantitative estimate of drug-likeness (QED) is 0.167. The molecule has 0 bridgehead atoms. The molecule has 0 amide bonds. The van der Waals surface area contributed by atoms with Crippen molar-refractivity contribution in [3.8, 4) is 39.1 Å². The molecule has 64 heavy (non-hydrogen) atoms. The lowest BCUT2D eigenvalue weighted by Gasteiger charge is -2.29. The minimum Gasteiger partial charge on any atom is -0.455 e. The molecule has 10 aromatic carbocycles. The van der Waals surface area contributed by atoms with Crippen LogP contribution in [0.2, 0.25) is 0 Å². The van der Waals surface area contributed by atoms with Gasteiger partial charge in [-0.2, -0.15) is 0 Å². The summed E-state index contributed by atoms with van der Waals surface area (Å²) in [6, 6.07) is 79.7. The van der Waals surface area contributed by atoms with Crippen LogP contribution in [0.1, 0.15) is 25.0 Å². The molecular weight excluding hydrogens is 777 g/mol. The fourth-order valence-corrected chi connectivity index (χ4v) is 10.7. The van der Waals surface area contributed by atoms with Gasteiger partial charge in [-0.05, 0) is 111 Å². The molecular formula is C61H42N2O. The van der Waals surface area contributed by atoms with Crippen molar-refractivity contribution < 1.29 is 4.42 Å². The van der Waals surface area contributed by atoms with E-state index in [9.17, 15) is 0 Å². The molecule has 0 atom stereocenters. The second kappa shape index (κ2) is 13.9. The first kappa shape index (κ1) is 36.5. The highest BCUT2D eigenvalue weighted by atomic mass is 16.3. The lowest BCUT2D eigenvalue weighted by molar-refractivity contribution is 0.660. The Labute approximate surface area is 371 Å². The topological polar surface area (TPSA) is 21.3 Å². The van der Waals surface area contributed by atoms with E-state index in [0.717, 1.165) is 55.8 Å². The third-order valence-corrected chi connectivity index (χ3v) is 13.8. The van der Waals surface area contributed by atoms with Crippen molar-refractivity contribution in [2.45, 2.75) is 19.3 Å². The van der Waals surface area contributed by atoms with Crippen molar-refractivity contribution in [3.63, 3.8) is 0 Å². The summed E-state index contributed by atoms with van der Waals surface area (Å²) in [6.45, 7) is 4.71. The van der Waals surface area contributed by atoms with Crippen molar-refractivity contribution in [2.75, 3.05) is 4.90 Å². The Morgan fingerprint density at radius 1 is 0.422 bits per heavy atom. The first-order valence-electron chi connectivity index (χ1n) is 22.2. The molecule has 0 spiro atoms. The van der Waals surface area contributed by atoms with Crippen LogP contribution < -0.4 is 4.90 Å². The molecule has 3 heteroatoms. The lowest BCUT2D eigenvalue weighted by atomic mass is 9.81. The SMILES string of the molecule is CC1(C)c2ccccc2-c2ccc(-c3cccc(N(c4ccc5c(oc6ccccc65)c4-c4ccc(-n5c6ccccc6c6ccccc65)cc4)c4cccc5ccccc45)c3)cc21. The maximum absolute atomic E-state index is 6.96. The summed E-state index contributed by atoms with van der Waals surface area (Å²) < 4.78 is 9.33. The van der Waals surface area contributed by atoms with E-state index in [0.29, 0.717) is 0 Å². The Kier molecular flexibility index (Phi) is 7.95. The van der Waals surface area contributed by atoms with Gasteiger partial charge >= 0.3 is 0 Å². The summed E-state index contributed by atoms with van der Waals surface area (Å²) in [7, 11) is 0. The van der Waals surface area contributed by atoms with Crippen LogP contribution in [0, 0.1) is 0 Å². The Morgan fingerprint density at radius 2 is 1.05 bits per heavy atom. The Bertz CT molecular complexity index is 3770. The number of hydrogen-bond acceptors (Lipinski definition) is 2. The third kappa shape index (κ3) is 5.41. The van der Waals surface area contributed by atoms with E-state index in [1.165, 1.54) is 66.0 Å². The van der Waals surface area contributed by atoms with Crippen molar-refractivity contribution in [1.29, 1.82) is 0 Å². The van der Waals surface area contributed by atoms with Gasteiger partial charge in [-0.25, -0.2) is 0 Å². The summed E-state index contributed by atoms with van der Waals surface area (Å²) >= 11 is 0. The molecule has 2 aromatic heterocycles. The molecule has 2 heterocycles. The number of furan rings is 1. The van der Waals surface area contributed by atoms with Crippen LogP contribution >= 0.6 is 0 Å². The molecule has 0 saturated heterocycles. The van der Waals surface area contributed by atoms with Gasteiger partial charge in [0, 0.05) is 49.3 Å². The lowest BCUT2D eigenvalue weighted by Crippen LogP contribution is -2.15. The van der Waals surface area contributed by atoms with E-state index in [2.05, 4.69) is 242 Å². The molecule has 1 aliphatic rings. The zero-order valence-corrected chi connectivity index (χ0v) is 35.6. The summed E-state index contributed by atoms with van der Waals surface area (Å²) in [6.07, 6.45) is 0. The first-order chi connectivity index (χ1) is 31.5. The number of nitrogens with zero attached hydrogens (tertiary/aromatic N) is 2. The number of fused-ring (bicyclic) bond motifs is 10. The Hall–Kier alpha value is -8.14. The van der Waals surface area contributed by atoms with Gasteiger partial charge < -0.3 is 13.9 Å². The molecule has 3 nitrogen and oxygen atoms in total. The average Bonchev–Trinajstić information content (AvgIpc) is 3.97. The van der Waals surface area contributed by atoms with Crippen molar-refractivity contribution in [2.24, 2.45) is 0 Å². The minimum absolute atomic E-state index is 0.0947. The van der Waals surface area contributed by atoms with E-state index in [4.69, 9.17) is 4.42 Å². The van der Waals surface area contributed by atoms with Gasteiger partial charge in [0.15, 0.2) is 0 Å². The van der Waals surface area contributed by atoms with Gasteiger partial charge in [0.2, 0.25) is 0 Å². The molecule has 0 N–H and O–H groups in total. The van der Waals surface area contributed by atoms with Crippen LogP contribution in [-0.4, -0.2) is 4.57 Å². The summed E-state index contributed by atoms with van der Waals surface area (Å²) in [5.74, 6) is 0. The highest BCUT2D eigenvalue weighted by Crippen LogP contribution is 2.51.